The maximum absolute atomic E-state index is 12.2. The van der Waals surface area contributed by atoms with E-state index >= 15 is 0 Å². The van der Waals surface area contributed by atoms with E-state index in [0.29, 0.717) is 25.2 Å². The van der Waals surface area contributed by atoms with Gasteiger partial charge in [-0.05, 0) is 62.7 Å². The molecule has 0 amide bonds. The van der Waals surface area contributed by atoms with E-state index in [1.807, 2.05) is 13.8 Å². The number of ketones is 1. The second kappa shape index (κ2) is 9.58. The summed E-state index contributed by atoms with van der Waals surface area (Å²) in [7, 11) is 0. The van der Waals surface area contributed by atoms with Gasteiger partial charge in [0.15, 0.2) is 0 Å². The number of hydrogen-bond donors (Lipinski definition) is 2. The van der Waals surface area contributed by atoms with Crippen molar-refractivity contribution >= 4 is 5.78 Å². The second-order valence-electron chi connectivity index (χ2n) is 8.08. The van der Waals surface area contributed by atoms with Crippen molar-refractivity contribution in [2.45, 2.75) is 84.8 Å². The molecule has 2 N–H and O–H groups in total. The first-order chi connectivity index (χ1) is 10.7. The molecule has 1 saturated carbocycles. The molecule has 0 saturated heterocycles. The van der Waals surface area contributed by atoms with Crippen LogP contribution in [0.5, 0.6) is 0 Å². The highest BCUT2D eigenvalue weighted by Crippen LogP contribution is 2.29. The summed E-state index contributed by atoms with van der Waals surface area (Å²) >= 11 is 0. The lowest BCUT2D eigenvalue weighted by Crippen LogP contribution is -2.26. The summed E-state index contributed by atoms with van der Waals surface area (Å²) in [5.74, 6) is 1.05. The standard InChI is InChI=1S/C20H36O3/c1-13(2)17-8-7-15(4)19(22)9-6-14(3)10-18(21)11-16(5)20(23)12-17/h14-17,19-20,22-23H,1,6-12H2,2-5H3/t14-,15-,16-,17-,19+,20-/m1/s1. The third kappa shape index (κ3) is 7.17. The lowest BCUT2D eigenvalue weighted by Gasteiger charge is -2.28. The molecule has 0 aliphatic heterocycles. The Balaban J connectivity index is 2.81. The molecule has 3 nitrogen and oxygen atoms in total. The zero-order valence-electron chi connectivity index (χ0n) is 15.4. The lowest BCUT2D eigenvalue weighted by atomic mass is 9.81. The summed E-state index contributed by atoms with van der Waals surface area (Å²) in [6, 6.07) is 0. The largest absolute Gasteiger partial charge is 0.393 e. The van der Waals surface area contributed by atoms with E-state index in [0.717, 1.165) is 31.3 Å². The highest BCUT2D eigenvalue weighted by molar-refractivity contribution is 5.78. The van der Waals surface area contributed by atoms with Crippen LogP contribution in [0.15, 0.2) is 12.2 Å². The zero-order valence-corrected chi connectivity index (χ0v) is 15.4. The Hall–Kier alpha value is -0.670. The summed E-state index contributed by atoms with van der Waals surface area (Å²) in [6.07, 6.45) is 4.47. The highest BCUT2D eigenvalue weighted by Gasteiger charge is 2.25. The Morgan fingerprint density at radius 2 is 1.61 bits per heavy atom. The van der Waals surface area contributed by atoms with E-state index in [4.69, 9.17) is 0 Å². The number of aliphatic hydroxyl groups is 2. The monoisotopic (exact) mass is 324 g/mol. The molecule has 6 atom stereocenters. The topological polar surface area (TPSA) is 57.5 Å². The molecule has 1 aliphatic rings. The van der Waals surface area contributed by atoms with Crippen molar-refractivity contribution in [1.29, 1.82) is 0 Å². The van der Waals surface area contributed by atoms with Crippen LogP contribution in [-0.4, -0.2) is 28.2 Å². The fourth-order valence-corrected chi connectivity index (χ4v) is 3.55. The van der Waals surface area contributed by atoms with Crippen LogP contribution in [0.25, 0.3) is 0 Å². The summed E-state index contributed by atoms with van der Waals surface area (Å²) < 4.78 is 0. The first-order valence-electron chi connectivity index (χ1n) is 9.23. The minimum absolute atomic E-state index is 0.00232. The van der Waals surface area contributed by atoms with Gasteiger partial charge in [-0.1, -0.05) is 32.9 Å². The van der Waals surface area contributed by atoms with Crippen LogP contribution in [0, 0.1) is 23.7 Å². The van der Waals surface area contributed by atoms with Gasteiger partial charge in [-0.25, -0.2) is 0 Å². The Morgan fingerprint density at radius 1 is 0.957 bits per heavy atom. The highest BCUT2D eigenvalue weighted by atomic mass is 16.3. The molecular weight excluding hydrogens is 288 g/mol. The minimum Gasteiger partial charge on any atom is -0.393 e. The van der Waals surface area contributed by atoms with Crippen LogP contribution < -0.4 is 0 Å². The van der Waals surface area contributed by atoms with E-state index < -0.39 is 6.10 Å². The van der Waals surface area contributed by atoms with E-state index in [1.54, 1.807) is 0 Å². The number of rotatable bonds is 1. The van der Waals surface area contributed by atoms with Gasteiger partial charge in [-0.3, -0.25) is 4.79 Å². The average molecular weight is 325 g/mol. The third-order valence-electron chi connectivity index (χ3n) is 5.59. The Labute approximate surface area is 142 Å². The number of Topliss-reactive ketones (excluding diaryl/α,β-unsaturated/α-hetero) is 1. The van der Waals surface area contributed by atoms with E-state index in [1.165, 1.54) is 0 Å². The normalized spacial score (nSPS) is 38.8. The molecular formula is C20H36O3. The molecule has 0 bridgehead atoms. The molecule has 1 fully saturated rings. The molecule has 0 aromatic carbocycles. The predicted molar refractivity (Wildman–Crippen MR) is 95.1 cm³/mol. The summed E-state index contributed by atoms with van der Waals surface area (Å²) in [6.45, 7) is 12.2. The molecule has 0 aromatic heterocycles. The van der Waals surface area contributed by atoms with Crippen LogP contribution in [0.2, 0.25) is 0 Å². The molecule has 134 valence electrons. The van der Waals surface area contributed by atoms with Crippen molar-refractivity contribution < 1.29 is 15.0 Å². The zero-order chi connectivity index (χ0) is 17.6. The van der Waals surface area contributed by atoms with Crippen LogP contribution in [-0.2, 0) is 4.79 Å². The van der Waals surface area contributed by atoms with Crippen LogP contribution in [0.3, 0.4) is 0 Å². The van der Waals surface area contributed by atoms with Gasteiger partial charge < -0.3 is 10.2 Å². The second-order valence-corrected chi connectivity index (χ2v) is 8.08. The van der Waals surface area contributed by atoms with Gasteiger partial charge in [0.25, 0.3) is 0 Å². The molecule has 0 unspecified atom stereocenters. The molecule has 3 heteroatoms. The van der Waals surface area contributed by atoms with Crippen molar-refractivity contribution in [3.8, 4) is 0 Å². The fourth-order valence-electron chi connectivity index (χ4n) is 3.55. The van der Waals surface area contributed by atoms with E-state index in [2.05, 4.69) is 20.4 Å². The van der Waals surface area contributed by atoms with Gasteiger partial charge >= 0.3 is 0 Å². The minimum atomic E-state index is -0.459. The Bertz CT molecular complexity index is 390. The van der Waals surface area contributed by atoms with Gasteiger partial charge in [0.1, 0.15) is 5.78 Å². The number of carbonyl (C=O) groups is 1. The third-order valence-corrected chi connectivity index (χ3v) is 5.59. The molecule has 0 spiro atoms. The van der Waals surface area contributed by atoms with Gasteiger partial charge in [-0.15, -0.1) is 0 Å². The number of carbonyl (C=O) groups excluding carboxylic acids is 1. The van der Waals surface area contributed by atoms with Gasteiger partial charge in [0, 0.05) is 12.8 Å². The lowest BCUT2D eigenvalue weighted by molar-refractivity contribution is -0.121. The summed E-state index contributed by atoms with van der Waals surface area (Å²) in [5, 5.41) is 20.8. The SMILES string of the molecule is C=C(C)[C@@H]1CC[C@@H](C)[C@@H](O)CC[C@@H](C)CC(=O)C[C@@H](C)[C@H](O)C1. The predicted octanol–water partition coefficient (Wildman–Crippen LogP) is 4.12. The van der Waals surface area contributed by atoms with Gasteiger partial charge in [-0.2, -0.15) is 0 Å². The summed E-state index contributed by atoms with van der Waals surface area (Å²) in [4.78, 5) is 12.2. The van der Waals surface area contributed by atoms with Crippen LogP contribution in [0.4, 0.5) is 0 Å². The Kier molecular flexibility index (Phi) is 8.49. The first kappa shape index (κ1) is 20.4. The van der Waals surface area contributed by atoms with Gasteiger partial charge in [0.2, 0.25) is 0 Å². The fraction of sp³-hybridized carbons (Fsp3) is 0.850. The summed E-state index contributed by atoms with van der Waals surface area (Å²) in [5.41, 5.74) is 1.09. The van der Waals surface area contributed by atoms with Crippen molar-refractivity contribution in [3.05, 3.63) is 12.2 Å². The molecule has 1 aliphatic carbocycles. The molecule has 0 aromatic rings. The van der Waals surface area contributed by atoms with E-state index in [-0.39, 0.29) is 29.6 Å². The number of allylic oxidation sites excluding steroid dienone is 1. The average Bonchev–Trinajstić information content (AvgIpc) is 2.46. The maximum Gasteiger partial charge on any atom is 0.133 e. The molecule has 23 heavy (non-hydrogen) atoms. The van der Waals surface area contributed by atoms with Gasteiger partial charge in [0.05, 0.1) is 12.2 Å². The smallest absolute Gasteiger partial charge is 0.133 e. The maximum atomic E-state index is 12.2. The molecule has 0 heterocycles. The molecule has 1 rings (SSSR count). The van der Waals surface area contributed by atoms with Crippen molar-refractivity contribution in [1.82, 2.24) is 0 Å². The van der Waals surface area contributed by atoms with E-state index in [9.17, 15) is 15.0 Å². The number of hydrogen-bond acceptors (Lipinski definition) is 3. The quantitative estimate of drug-likeness (QED) is 0.713. The Morgan fingerprint density at radius 3 is 2.22 bits per heavy atom. The van der Waals surface area contributed by atoms with Crippen molar-refractivity contribution in [2.24, 2.45) is 23.7 Å². The van der Waals surface area contributed by atoms with Crippen molar-refractivity contribution in [3.63, 3.8) is 0 Å². The number of aliphatic hydroxyl groups excluding tert-OH is 2. The van der Waals surface area contributed by atoms with Crippen LogP contribution >= 0.6 is 0 Å². The first-order valence-corrected chi connectivity index (χ1v) is 9.23. The van der Waals surface area contributed by atoms with Crippen LogP contribution in [0.1, 0.15) is 72.6 Å². The molecule has 0 radical (unpaired) electrons. The van der Waals surface area contributed by atoms with Crippen molar-refractivity contribution in [2.75, 3.05) is 0 Å².